The van der Waals surface area contributed by atoms with Crippen molar-refractivity contribution in [2.24, 2.45) is 0 Å². The predicted molar refractivity (Wildman–Crippen MR) is 108 cm³/mol. The van der Waals surface area contributed by atoms with Gasteiger partial charge in [0.05, 0.1) is 13.2 Å². The second kappa shape index (κ2) is 12.7. The van der Waals surface area contributed by atoms with Crippen LogP contribution >= 0.6 is 0 Å². The van der Waals surface area contributed by atoms with Gasteiger partial charge >= 0.3 is 11.9 Å². The van der Waals surface area contributed by atoms with E-state index < -0.39 is 11.9 Å². The van der Waals surface area contributed by atoms with E-state index in [9.17, 15) is 9.59 Å². The number of hydrogen-bond acceptors (Lipinski definition) is 5. The number of nitrogens with zero attached hydrogens (tertiary/aromatic N) is 1. The van der Waals surface area contributed by atoms with E-state index in [1.165, 1.54) is 18.4 Å². The summed E-state index contributed by atoms with van der Waals surface area (Å²) in [6, 6.07) is 14.7. The van der Waals surface area contributed by atoms with E-state index in [0.717, 1.165) is 32.1 Å². The summed E-state index contributed by atoms with van der Waals surface area (Å²) in [7, 11) is 0. The molecule has 1 heterocycles. The Labute approximate surface area is 167 Å². The Morgan fingerprint density at radius 3 is 2.00 bits per heavy atom. The minimum Gasteiger partial charge on any atom is -0.461 e. The quantitative estimate of drug-likeness (QED) is 0.381. The first-order valence-corrected chi connectivity index (χ1v) is 10.1. The number of rotatable bonds is 12. The first-order valence-electron chi connectivity index (χ1n) is 10.1. The lowest BCUT2D eigenvalue weighted by Crippen LogP contribution is -2.13. The van der Waals surface area contributed by atoms with E-state index in [0.29, 0.717) is 13.2 Å². The van der Waals surface area contributed by atoms with Crippen molar-refractivity contribution in [2.45, 2.75) is 51.9 Å². The fourth-order valence-corrected chi connectivity index (χ4v) is 2.77. The molecule has 5 heteroatoms. The lowest BCUT2D eigenvalue weighted by molar-refractivity contribution is 0.0483. The maximum absolute atomic E-state index is 12.2. The van der Waals surface area contributed by atoms with Crippen molar-refractivity contribution in [1.29, 1.82) is 0 Å². The Balaban J connectivity index is 1.73. The van der Waals surface area contributed by atoms with Crippen LogP contribution in [0.2, 0.25) is 0 Å². The van der Waals surface area contributed by atoms with Crippen LogP contribution in [0.4, 0.5) is 0 Å². The monoisotopic (exact) mass is 383 g/mol. The van der Waals surface area contributed by atoms with Crippen LogP contribution in [0.5, 0.6) is 0 Å². The summed E-state index contributed by atoms with van der Waals surface area (Å²) in [6.45, 7) is 2.84. The zero-order chi connectivity index (χ0) is 20.0. The van der Waals surface area contributed by atoms with Crippen LogP contribution in [-0.2, 0) is 15.9 Å². The molecule has 0 saturated heterocycles. The predicted octanol–water partition coefficient (Wildman–Crippen LogP) is 5.00. The summed E-state index contributed by atoms with van der Waals surface area (Å²) in [6.07, 6.45) is 6.99. The van der Waals surface area contributed by atoms with E-state index in [-0.39, 0.29) is 11.4 Å². The van der Waals surface area contributed by atoms with Crippen molar-refractivity contribution in [3.8, 4) is 0 Å². The summed E-state index contributed by atoms with van der Waals surface area (Å²) < 4.78 is 10.5. The van der Waals surface area contributed by atoms with Gasteiger partial charge in [-0.15, -0.1) is 0 Å². The number of aryl methyl sites for hydroxylation is 1. The number of unbranched alkanes of at least 4 members (excludes halogenated alkanes) is 4. The SMILES string of the molecule is CCCCCCCOC(=O)c1cccc(C(=O)OCCCc2ccccc2)n1. The number of ether oxygens (including phenoxy) is 2. The summed E-state index contributed by atoms with van der Waals surface area (Å²) in [4.78, 5) is 28.3. The molecule has 0 aliphatic heterocycles. The molecule has 2 rings (SSSR count). The summed E-state index contributed by atoms with van der Waals surface area (Å²) in [5.74, 6) is -1.03. The van der Waals surface area contributed by atoms with Gasteiger partial charge in [0.15, 0.2) is 0 Å². The number of aromatic nitrogens is 1. The smallest absolute Gasteiger partial charge is 0.356 e. The highest BCUT2D eigenvalue weighted by Gasteiger charge is 2.14. The van der Waals surface area contributed by atoms with E-state index in [1.807, 2.05) is 30.3 Å². The molecule has 0 saturated carbocycles. The standard InChI is InChI=1S/C23H29NO4/c1-2-3-4-5-9-17-27-22(25)20-15-10-16-21(24-20)23(26)28-18-11-14-19-12-7-6-8-13-19/h6-8,10,12-13,15-16H,2-5,9,11,14,17-18H2,1H3. The number of pyridine rings is 1. The Bertz CT molecular complexity index is 730. The molecule has 0 atom stereocenters. The Morgan fingerprint density at radius 2 is 1.36 bits per heavy atom. The third-order valence-electron chi connectivity index (χ3n) is 4.33. The van der Waals surface area contributed by atoms with Gasteiger partial charge in [-0.2, -0.15) is 0 Å². The van der Waals surface area contributed by atoms with Gasteiger partial charge in [-0.05, 0) is 37.0 Å². The third kappa shape index (κ3) is 7.91. The van der Waals surface area contributed by atoms with Crippen LogP contribution in [0, 0.1) is 0 Å². The van der Waals surface area contributed by atoms with Gasteiger partial charge < -0.3 is 9.47 Å². The van der Waals surface area contributed by atoms with Crippen LogP contribution in [0.25, 0.3) is 0 Å². The van der Waals surface area contributed by atoms with Crippen LogP contribution in [0.15, 0.2) is 48.5 Å². The van der Waals surface area contributed by atoms with Crippen LogP contribution in [-0.4, -0.2) is 30.1 Å². The molecular weight excluding hydrogens is 354 g/mol. The number of carbonyl (C=O) groups excluding carboxylic acids is 2. The number of carbonyl (C=O) groups is 2. The highest BCUT2D eigenvalue weighted by atomic mass is 16.5. The molecule has 1 aromatic heterocycles. The van der Waals surface area contributed by atoms with Crippen molar-refractivity contribution >= 4 is 11.9 Å². The minimum absolute atomic E-state index is 0.122. The fourth-order valence-electron chi connectivity index (χ4n) is 2.77. The van der Waals surface area contributed by atoms with Gasteiger partial charge in [-0.3, -0.25) is 0 Å². The van der Waals surface area contributed by atoms with Gasteiger partial charge in [-0.1, -0.05) is 69.0 Å². The maximum Gasteiger partial charge on any atom is 0.356 e. The molecule has 0 spiro atoms. The molecular formula is C23H29NO4. The van der Waals surface area contributed by atoms with E-state index in [2.05, 4.69) is 11.9 Å². The molecule has 1 aromatic carbocycles. The molecule has 2 aromatic rings. The van der Waals surface area contributed by atoms with Crippen molar-refractivity contribution in [3.05, 3.63) is 65.5 Å². The largest absolute Gasteiger partial charge is 0.461 e. The summed E-state index contributed by atoms with van der Waals surface area (Å²) >= 11 is 0. The molecule has 0 bridgehead atoms. The number of benzene rings is 1. The average molecular weight is 383 g/mol. The van der Waals surface area contributed by atoms with Crippen molar-refractivity contribution < 1.29 is 19.1 Å². The highest BCUT2D eigenvalue weighted by Crippen LogP contribution is 2.07. The van der Waals surface area contributed by atoms with Crippen LogP contribution in [0.3, 0.4) is 0 Å². The number of esters is 2. The van der Waals surface area contributed by atoms with E-state index in [4.69, 9.17) is 9.47 Å². The Hall–Kier alpha value is -2.69. The Kier molecular flexibility index (Phi) is 9.76. The molecule has 28 heavy (non-hydrogen) atoms. The van der Waals surface area contributed by atoms with Crippen molar-refractivity contribution in [1.82, 2.24) is 4.98 Å². The molecule has 150 valence electrons. The van der Waals surface area contributed by atoms with Crippen molar-refractivity contribution in [2.75, 3.05) is 13.2 Å². The first kappa shape index (κ1) is 21.6. The second-order valence-electron chi connectivity index (χ2n) is 6.68. The van der Waals surface area contributed by atoms with E-state index in [1.54, 1.807) is 18.2 Å². The minimum atomic E-state index is -0.526. The van der Waals surface area contributed by atoms with Gasteiger partial charge in [0, 0.05) is 0 Å². The average Bonchev–Trinajstić information content (AvgIpc) is 2.74. The van der Waals surface area contributed by atoms with Crippen LogP contribution in [0.1, 0.15) is 72.0 Å². The van der Waals surface area contributed by atoms with Gasteiger partial charge in [0.1, 0.15) is 11.4 Å². The fraction of sp³-hybridized carbons (Fsp3) is 0.435. The zero-order valence-corrected chi connectivity index (χ0v) is 16.6. The molecule has 0 aliphatic carbocycles. The topological polar surface area (TPSA) is 65.5 Å². The highest BCUT2D eigenvalue weighted by molar-refractivity contribution is 5.91. The maximum atomic E-state index is 12.2. The zero-order valence-electron chi connectivity index (χ0n) is 16.6. The first-order chi connectivity index (χ1) is 13.7. The lowest BCUT2D eigenvalue weighted by atomic mass is 10.1. The Morgan fingerprint density at radius 1 is 0.750 bits per heavy atom. The molecule has 0 radical (unpaired) electrons. The summed E-state index contributed by atoms with van der Waals surface area (Å²) in [5, 5.41) is 0. The van der Waals surface area contributed by atoms with Gasteiger partial charge in [-0.25, -0.2) is 14.6 Å². The lowest BCUT2D eigenvalue weighted by Gasteiger charge is -2.07. The molecule has 0 aliphatic rings. The van der Waals surface area contributed by atoms with Crippen LogP contribution < -0.4 is 0 Å². The second-order valence-corrected chi connectivity index (χ2v) is 6.68. The molecule has 0 fully saturated rings. The molecule has 0 amide bonds. The number of hydrogen-bond donors (Lipinski definition) is 0. The molecule has 5 nitrogen and oxygen atoms in total. The third-order valence-corrected chi connectivity index (χ3v) is 4.33. The van der Waals surface area contributed by atoms with Gasteiger partial charge in [0.2, 0.25) is 0 Å². The van der Waals surface area contributed by atoms with E-state index >= 15 is 0 Å². The molecule has 0 unspecified atom stereocenters. The van der Waals surface area contributed by atoms with Gasteiger partial charge in [0.25, 0.3) is 0 Å². The normalized spacial score (nSPS) is 10.5. The summed E-state index contributed by atoms with van der Waals surface area (Å²) in [5.41, 5.74) is 1.46. The van der Waals surface area contributed by atoms with Crippen molar-refractivity contribution in [3.63, 3.8) is 0 Å². The molecule has 0 N–H and O–H groups in total.